The molecule has 0 aliphatic carbocycles. The van der Waals surface area contributed by atoms with Gasteiger partial charge >= 0.3 is 0 Å². The van der Waals surface area contributed by atoms with Crippen LogP contribution < -0.4 is 5.32 Å². The molecule has 0 bridgehead atoms. The van der Waals surface area contributed by atoms with E-state index in [9.17, 15) is 4.79 Å². The Kier molecular flexibility index (Phi) is 3.64. The molecule has 29 heavy (non-hydrogen) atoms. The van der Waals surface area contributed by atoms with Crippen LogP contribution >= 0.6 is 34.0 Å². The molecule has 5 aromatic heterocycles. The maximum absolute atomic E-state index is 12.8. The molecule has 0 unspecified atom stereocenters. The van der Waals surface area contributed by atoms with Crippen molar-refractivity contribution in [2.24, 2.45) is 0 Å². The number of para-hydroxylation sites is 1. The van der Waals surface area contributed by atoms with E-state index in [1.165, 1.54) is 22.7 Å². The predicted octanol–water partition coefficient (Wildman–Crippen LogP) is 5.78. The Hall–Kier alpha value is -3.01. The number of rotatable bonds is 3. The van der Waals surface area contributed by atoms with Gasteiger partial charge in [-0.1, -0.05) is 18.2 Å². The van der Waals surface area contributed by atoms with E-state index >= 15 is 0 Å². The van der Waals surface area contributed by atoms with Crippen molar-refractivity contribution < 1.29 is 4.79 Å². The summed E-state index contributed by atoms with van der Waals surface area (Å²) in [5.41, 5.74) is 5.05. The van der Waals surface area contributed by atoms with Crippen LogP contribution in [0.3, 0.4) is 0 Å². The number of thiophene rings is 1. The van der Waals surface area contributed by atoms with Crippen molar-refractivity contribution in [3.05, 3.63) is 57.9 Å². The number of imidazole rings is 1. The number of aryl methyl sites for hydroxylation is 1. The Morgan fingerprint density at radius 2 is 2.10 bits per heavy atom. The first-order valence-electron chi connectivity index (χ1n) is 8.87. The summed E-state index contributed by atoms with van der Waals surface area (Å²) in [6.45, 7) is 2.04. The van der Waals surface area contributed by atoms with Crippen LogP contribution in [0.25, 0.3) is 37.5 Å². The number of aromatic amines is 1. The normalized spacial score (nSPS) is 11.8. The van der Waals surface area contributed by atoms with Gasteiger partial charge < -0.3 is 4.98 Å². The number of benzene rings is 1. The van der Waals surface area contributed by atoms with Gasteiger partial charge in [0, 0.05) is 39.1 Å². The number of fused-ring (bicyclic) bond motifs is 4. The lowest BCUT2D eigenvalue weighted by molar-refractivity contribution is 0.103. The highest BCUT2D eigenvalue weighted by atomic mass is 32.1. The third-order valence-corrected chi connectivity index (χ3v) is 7.37. The number of amides is 1. The molecule has 9 heteroatoms. The van der Waals surface area contributed by atoms with Crippen LogP contribution in [0.2, 0.25) is 0 Å². The van der Waals surface area contributed by atoms with E-state index in [0.29, 0.717) is 10.0 Å². The van der Waals surface area contributed by atoms with Gasteiger partial charge in [0.15, 0.2) is 10.1 Å². The van der Waals surface area contributed by atoms with Crippen LogP contribution in [-0.2, 0) is 0 Å². The predicted molar refractivity (Wildman–Crippen MR) is 121 cm³/mol. The number of aromatic nitrogens is 4. The molecule has 0 saturated heterocycles. The Bertz CT molecular complexity index is 1530. The van der Waals surface area contributed by atoms with Crippen LogP contribution in [0.5, 0.6) is 0 Å². The van der Waals surface area contributed by atoms with E-state index < -0.39 is 0 Å². The van der Waals surface area contributed by atoms with Gasteiger partial charge in [0.25, 0.3) is 5.91 Å². The van der Waals surface area contributed by atoms with Crippen LogP contribution in [0, 0.1) is 6.92 Å². The summed E-state index contributed by atoms with van der Waals surface area (Å²) in [5, 5.41) is 8.63. The SMILES string of the molecule is Cc1[nH]c2ccccc2c1-c1csc(NC(=O)c2cc3c(nc4sccn43)s2)n1. The molecule has 0 aliphatic heterocycles. The summed E-state index contributed by atoms with van der Waals surface area (Å²) in [4.78, 5) is 27.8. The van der Waals surface area contributed by atoms with Crippen LogP contribution in [-0.4, -0.2) is 25.3 Å². The average Bonchev–Trinajstić information content (AvgIpc) is 3.47. The Balaban J connectivity index is 1.31. The molecular formula is C20H13N5OS3. The maximum Gasteiger partial charge on any atom is 0.267 e. The van der Waals surface area contributed by atoms with Crippen LogP contribution in [0.1, 0.15) is 15.4 Å². The number of carbonyl (C=O) groups excluding carboxylic acids is 1. The number of H-pyrrole nitrogens is 1. The highest BCUT2D eigenvalue weighted by Gasteiger charge is 2.18. The highest BCUT2D eigenvalue weighted by Crippen LogP contribution is 2.34. The molecule has 1 aromatic carbocycles. The van der Waals surface area contributed by atoms with Crippen molar-refractivity contribution in [1.29, 1.82) is 0 Å². The molecule has 6 rings (SSSR count). The zero-order chi connectivity index (χ0) is 19.5. The van der Waals surface area contributed by atoms with Crippen molar-refractivity contribution in [3.8, 4) is 11.3 Å². The fourth-order valence-corrected chi connectivity index (χ4v) is 5.96. The fourth-order valence-electron chi connectivity index (χ4n) is 3.57. The number of nitrogens with one attached hydrogen (secondary N) is 2. The second-order valence-electron chi connectivity index (χ2n) is 6.63. The number of thiazole rings is 2. The van der Waals surface area contributed by atoms with E-state index in [0.717, 1.165) is 43.2 Å². The minimum absolute atomic E-state index is 0.159. The number of carbonyl (C=O) groups is 1. The molecule has 0 spiro atoms. The quantitative estimate of drug-likeness (QED) is 0.370. The summed E-state index contributed by atoms with van der Waals surface area (Å²) in [5.74, 6) is -0.159. The number of hydrogen-bond donors (Lipinski definition) is 2. The Labute approximate surface area is 176 Å². The summed E-state index contributed by atoms with van der Waals surface area (Å²) in [7, 11) is 0. The lowest BCUT2D eigenvalue weighted by Gasteiger charge is -1.99. The Morgan fingerprint density at radius 1 is 1.21 bits per heavy atom. The van der Waals surface area contributed by atoms with Gasteiger partial charge in [-0.3, -0.25) is 14.5 Å². The molecule has 6 nitrogen and oxygen atoms in total. The monoisotopic (exact) mass is 435 g/mol. The van der Waals surface area contributed by atoms with Gasteiger partial charge in [0.05, 0.1) is 16.1 Å². The lowest BCUT2D eigenvalue weighted by Crippen LogP contribution is -2.09. The molecule has 0 fully saturated rings. The van der Waals surface area contributed by atoms with E-state index in [1.807, 2.05) is 46.5 Å². The van der Waals surface area contributed by atoms with Gasteiger partial charge in [-0.2, -0.15) is 0 Å². The van der Waals surface area contributed by atoms with E-state index in [2.05, 4.69) is 32.4 Å². The molecule has 6 aromatic rings. The third-order valence-electron chi connectivity index (χ3n) is 4.84. The molecule has 0 aliphatic rings. The largest absolute Gasteiger partial charge is 0.358 e. The first-order valence-corrected chi connectivity index (χ1v) is 11.4. The third kappa shape index (κ3) is 2.62. The zero-order valence-electron chi connectivity index (χ0n) is 15.1. The summed E-state index contributed by atoms with van der Waals surface area (Å²) in [6.07, 6.45) is 1.97. The first-order chi connectivity index (χ1) is 14.2. The second-order valence-corrected chi connectivity index (χ2v) is 9.39. The molecule has 5 heterocycles. The smallest absolute Gasteiger partial charge is 0.267 e. The average molecular weight is 436 g/mol. The standard InChI is InChI=1S/C20H13N5OS3/c1-10-16(11-4-2-3-5-12(11)21-10)13-9-28-19(22-13)23-17(26)15-8-14-18(29-15)24-20-25(14)6-7-27-20/h2-9,21H,1H3,(H,22,23,26). The molecule has 0 radical (unpaired) electrons. The molecule has 0 saturated carbocycles. The Morgan fingerprint density at radius 3 is 3.03 bits per heavy atom. The number of hydrogen-bond acceptors (Lipinski definition) is 6. The first kappa shape index (κ1) is 16.9. The van der Waals surface area contributed by atoms with Gasteiger partial charge in [-0.05, 0) is 19.1 Å². The zero-order valence-corrected chi connectivity index (χ0v) is 17.5. The fraction of sp³-hybridized carbons (Fsp3) is 0.0500. The molecule has 142 valence electrons. The summed E-state index contributed by atoms with van der Waals surface area (Å²) in [6, 6.07) is 10.1. The van der Waals surface area contributed by atoms with Crippen molar-refractivity contribution in [1.82, 2.24) is 19.4 Å². The van der Waals surface area contributed by atoms with Gasteiger partial charge in [-0.15, -0.1) is 34.0 Å². The molecule has 0 atom stereocenters. The highest BCUT2D eigenvalue weighted by molar-refractivity contribution is 7.21. The van der Waals surface area contributed by atoms with Gasteiger partial charge in [-0.25, -0.2) is 9.97 Å². The van der Waals surface area contributed by atoms with E-state index in [1.54, 1.807) is 11.3 Å². The van der Waals surface area contributed by atoms with Gasteiger partial charge in [0.2, 0.25) is 0 Å². The topological polar surface area (TPSA) is 75.1 Å². The van der Waals surface area contributed by atoms with E-state index in [4.69, 9.17) is 0 Å². The van der Waals surface area contributed by atoms with Gasteiger partial charge in [0.1, 0.15) is 4.83 Å². The molecule has 2 N–H and O–H groups in total. The number of anilines is 1. The maximum atomic E-state index is 12.8. The minimum Gasteiger partial charge on any atom is -0.358 e. The molecular weight excluding hydrogens is 422 g/mol. The van der Waals surface area contributed by atoms with Crippen molar-refractivity contribution in [3.63, 3.8) is 0 Å². The molecule has 1 amide bonds. The van der Waals surface area contributed by atoms with Crippen molar-refractivity contribution >= 4 is 71.3 Å². The van der Waals surface area contributed by atoms with Crippen molar-refractivity contribution in [2.45, 2.75) is 6.92 Å². The number of nitrogens with zero attached hydrogens (tertiary/aromatic N) is 3. The summed E-state index contributed by atoms with van der Waals surface area (Å²) >= 11 is 4.41. The second kappa shape index (κ2) is 6.24. The summed E-state index contributed by atoms with van der Waals surface area (Å²) < 4.78 is 2.01. The van der Waals surface area contributed by atoms with Crippen LogP contribution in [0.15, 0.2) is 47.3 Å². The van der Waals surface area contributed by atoms with E-state index in [-0.39, 0.29) is 5.91 Å². The minimum atomic E-state index is -0.159. The van der Waals surface area contributed by atoms with Crippen molar-refractivity contribution in [2.75, 3.05) is 5.32 Å². The lowest BCUT2D eigenvalue weighted by atomic mass is 10.1. The van der Waals surface area contributed by atoms with Crippen LogP contribution in [0.4, 0.5) is 5.13 Å².